The lowest BCUT2D eigenvalue weighted by Gasteiger charge is -2.20. The van der Waals surface area contributed by atoms with Crippen LogP contribution in [0.2, 0.25) is 0 Å². The van der Waals surface area contributed by atoms with Crippen LogP contribution in [0.25, 0.3) is 21.7 Å². The second kappa shape index (κ2) is 6.67. The minimum Gasteiger partial charge on any atom is -0.361 e. The van der Waals surface area contributed by atoms with Gasteiger partial charge in [0.25, 0.3) is 0 Å². The summed E-state index contributed by atoms with van der Waals surface area (Å²) in [5, 5.41) is 5.00. The fraction of sp³-hybridized carbons (Fsp3) is 0.0500. The predicted molar refractivity (Wildman–Crippen MR) is 106 cm³/mol. The van der Waals surface area contributed by atoms with Gasteiger partial charge in [0.2, 0.25) is 5.91 Å². The van der Waals surface area contributed by atoms with E-state index in [-0.39, 0.29) is 0 Å². The molecule has 1 aromatic heterocycles. The summed E-state index contributed by atoms with van der Waals surface area (Å²) in [5.41, 5.74) is 0.103. The normalized spacial score (nSPS) is 13.0. The molecule has 27 heavy (non-hydrogen) atoms. The van der Waals surface area contributed by atoms with E-state index in [0.29, 0.717) is 16.6 Å². The van der Waals surface area contributed by atoms with Crippen LogP contribution < -0.4 is 5.32 Å². The SMILES string of the molecule is O=C(Nc1ccc2[nH]ccc2c1)C(c1cccc2ccccc12)P(=O)(O)O. The average molecular weight is 380 g/mol. The molecule has 136 valence electrons. The molecule has 0 aliphatic carbocycles. The predicted octanol–water partition coefficient (Wildman–Crippen LogP) is 4.18. The number of nitrogens with one attached hydrogen (secondary N) is 2. The van der Waals surface area contributed by atoms with Crippen LogP contribution in [-0.4, -0.2) is 20.7 Å². The number of carbonyl (C=O) groups is 1. The third-order valence-electron chi connectivity index (χ3n) is 4.52. The molecule has 4 N–H and O–H groups in total. The third-order valence-corrected chi connectivity index (χ3v) is 5.71. The van der Waals surface area contributed by atoms with Crippen molar-refractivity contribution in [1.82, 2.24) is 4.98 Å². The highest BCUT2D eigenvalue weighted by molar-refractivity contribution is 7.53. The first kappa shape index (κ1) is 17.5. The van der Waals surface area contributed by atoms with Crippen molar-refractivity contribution in [1.29, 1.82) is 0 Å². The zero-order chi connectivity index (χ0) is 19.0. The average Bonchev–Trinajstić information content (AvgIpc) is 3.09. The summed E-state index contributed by atoms with van der Waals surface area (Å²) in [6, 6.07) is 19.4. The van der Waals surface area contributed by atoms with E-state index in [2.05, 4.69) is 10.3 Å². The van der Waals surface area contributed by atoms with E-state index >= 15 is 0 Å². The number of hydrogen-bond donors (Lipinski definition) is 4. The van der Waals surface area contributed by atoms with Crippen molar-refractivity contribution in [2.45, 2.75) is 5.66 Å². The highest BCUT2D eigenvalue weighted by Gasteiger charge is 2.38. The number of aromatic amines is 1. The molecule has 0 saturated carbocycles. The Labute approximate surface area is 155 Å². The molecule has 1 atom stereocenters. The molecule has 0 radical (unpaired) electrons. The Kier molecular flexibility index (Phi) is 4.32. The van der Waals surface area contributed by atoms with Crippen LogP contribution in [0.4, 0.5) is 5.69 Å². The Morgan fingerprint density at radius 1 is 0.963 bits per heavy atom. The minimum atomic E-state index is -4.75. The van der Waals surface area contributed by atoms with Crippen LogP contribution in [0.15, 0.2) is 72.9 Å². The van der Waals surface area contributed by atoms with Crippen molar-refractivity contribution in [2.75, 3.05) is 5.32 Å². The molecule has 1 unspecified atom stereocenters. The number of aromatic nitrogens is 1. The summed E-state index contributed by atoms with van der Waals surface area (Å²) < 4.78 is 12.2. The Hall–Kier alpha value is -2.92. The summed E-state index contributed by atoms with van der Waals surface area (Å²) in [6.45, 7) is 0. The number of H-pyrrole nitrogens is 1. The van der Waals surface area contributed by atoms with Crippen molar-refractivity contribution in [3.8, 4) is 0 Å². The molecule has 0 bridgehead atoms. The van der Waals surface area contributed by atoms with E-state index < -0.39 is 19.2 Å². The largest absolute Gasteiger partial charge is 0.361 e. The second-order valence-electron chi connectivity index (χ2n) is 6.33. The highest BCUT2D eigenvalue weighted by Crippen LogP contribution is 2.53. The van der Waals surface area contributed by atoms with Crippen molar-refractivity contribution < 1.29 is 19.1 Å². The zero-order valence-electron chi connectivity index (χ0n) is 14.2. The number of hydrogen-bond acceptors (Lipinski definition) is 2. The maximum atomic E-state index is 12.9. The van der Waals surface area contributed by atoms with E-state index in [1.165, 1.54) is 0 Å². The van der Waals surface area contributed by atoms with Gasteiger partial charge in [-0.3, -0.25) is 9.36 Å². The van der Waals surface area contributed by atoms with Gasteiger partial charge in [0.15, 0.2) is 5.66 Å². The summed E-state index contributed by atoms with van der Waals surface area (Å²) in [6.07, 6.45) is 1.78. The second-order valence-corrected chi connectivity index (χ2v) is 8.02. The molecule has 0 spiro atoms. The van der Waals surface area contributed by atoms with E-state index in [0.717, 1.165) is 16.3 Å². The lowest BCUT2D eigenvalue weighted by Crippen LogP contribution is -2.21. The third kappa shape index (κ3) is 3.38. The first-order valence-corrected chi connectivity index (χ1v) is 10.0. The summed E-state index contributed by atoms with van der Waals surface area (Å²) in [5.74, 6) is -0.741. The number of carbonyl (C=O) groups excluding carboxylic acids is 1. The maximum Gasteiger partial charge on any atom is 0.342 e. The Morgan fingerprint density at radius 2 is 1.74 bits per heavy atom. The van der Waals surface area contributed by atoms with Gasteiger partial charge < -0.3 is 20.1 Å². The quantitative estimate of drug-likeness (QED) is 0.399. The van der Waals surface area contributed by atoms with Gasteiger partial charge in [-0.1, -0.05) is 42.5 Å². The molecule has 0 fully saturated rings. The molecular weight excluding hydrogens is 363 g/mol. The van der Waals surface area contributed by atoms with E-state index in [4.69, 9.17) is 0 Å². The first-order chi connectivity index (χ1) is 12.9. The number of amides is 1. The lowest BCUT2D eigenvalue weighted by molar-refractivity contribution is -0.116. The topological polar surface area (TPSA) is 102 Å². The molecule has 4 aromatic rings. The fourth-order valence-electron chi connectivity index (χ4n) is 3.31. The standard InChI is InChI=1S/C20H17N2O4P/c23-20(22-15-8-9-18-14(12-15)10-11-21-18)19(27(24,25)26)17-7-3-5-13-4-1-2-6-16(13)17/h1-12,19,21H,(H,22,23)(H2,24,25,26). The highest BCUT2D eigenvalue weighted by atomic mass is 31.2. The smallest absolute Gasteiger partial charge is 0.342 e. The van der Waals surface area contributed by atoms with Crippen molar-refractivity contribution in [3.05, 3.63) is 78.5 Å². The summed E-state index contributed by atoms with van der Waals surface area (Å²) in [4.78, 5) is 35.8. The number of rotatable bonds is 4. The van der Waals surface area contributed by atoms with Crippen molar-refractivity contribution >= 4 is 40.9 Å². The number of anilines is 1. The van der Waals surface area contributed by atoms with Crippen LogP contribution >= 0.6 is 7.60 Å². The zero-order valence-corrected chi connectivity index (χ0v) is 15.1. The number of benzene rings is 3. The lowest BCUT2D eigenvalue weighted by atomic mass is 10.0. The molecule has 1 heterocycles. The number of fused-ring (bicyclic) bond motifs is 2. The van der Waals surface area contributed by atoms with Gasteiger partial charge in [0, 0.05) is 22.8 Å². The maximum absolute atomic E-state index is 12.9. The van der Waals surface area contributed by atoms with Gasteiger partial charge >= 0.3 is 7.60 Å². The monoisotopic (exact) mass is 380 g/mol. The minimum absolute atomic E-state index is 0.307. The summed E-state index contributed by atoms with van der Waals surface area (Å²) in [7, 11) is -4.75. The van der Waals surface area contributed by atoms with Gasteiger partial charge in [-0.05, 0) is 40.6 Å². The molecule has 3 aromatic carbocycles. The van der Waals surface area contributed by atoms with E-state index in [1.54, 1.807) is 48.7 Å². The van der Waals surface area contributed by atoms with Crippen LogP contribution in [0.3, 0.4) is 0 Å². The van der Waals surface area contributed by atoms with Gasteiger partial charge in [-0.25, -0.2) is 0 Å². The Bertz CT molecular complexity index is 1190. The molecule has 4 rings (SSSR count). The Morgan fingerprint density at radius 3 is 2.56 bits per heavy atom. The van der Waals surface area contributed by atoms with E-state index in [1.807, 2.05) is 24.3 Å². The molecule has 0 aliphatic heterocycles. The molecule has 6 nitrogen and oxygen atoms in total. The summed E-state index contributed by atoms with van der Waals surface area (Å²) >= 11 is 0. The molecule has 7 heteroatoms. The Balaban J connectivity index is 1.75. The fourth-order valence-corrected chi connectivity index (χ4v) is 4.26. The van der Waals surface area contributed by atoms with Crippen LogP contribution in [0.5, 0.6) is 0 Å². The van der Waals surface area contributed by atoms with Crippen LogP contribution in [0.1, 0.15) is 11.2 Å². The first-order valence-electron chi connectivity index (χ1n) is 8.34. The van der Waals surface area contributed by atoms with Crippen molar-refractivity contribution in [2.24, 2.45) is 0 Å². The molecule has 0 aliphatic rings. The van der Waals surface area contributed by atoms with Gasteiger partial charge in [-0.2, -0.15) is 0 Å². The molecular formula is C20H17N2O4P. The van der Waals surface area contributed by atoms with Gasteiger partial charge in [-0.15, -0.1) is 0 Å². The molecule has 0 saturated heterocycles. The van der Waals surface area contributed by atoms with Crippen LogP contribution in [-0.2, 0) is 9.36 Å². The van der Waals surface area contributed by atoms with E-state index in [9.17, 15) is 19.1 Å². The van der Waals surface area contributed by atoms with Gasteiger partial charge in [0.1, 0.15) is 0 Å². The molecule has 1 amide bonds. The van der Waals surface area contributed by atoms with Gasteiger partial charge in [0.05, 0.1) is 0 Å². The van der Waals surface area contributed by atoms with Crippen molar-refractivity contribution in [3.63, 3.8) is 0 Å². The van der Waals surface area contributed by atoms with Crippen LogP contribution in [0, 0.1) is 0 Å².